The van der Waals surface area contributed by atoms with E-state index in [4.69, 9.17) is 21.2 Å². The van der Waals surface area contributed by atoms with Crippen molar-refractivity contribution in [3.05, 3.63) is 52.3 Å². The fourth-order valence-corrected chi connectivity index (χ4v) is 2.42. The van der Waals surface area contributed by atoms with Gasteiger partial charge < -0.3 is 4.74 Å². The SMILES string of the molecule is CONc1c(C#N)c(Cl)cc(C(=O)OC)c1-c1cccc(F)c1. The van der Waals surface area contributed by atoms with Crippen LogP contribution in [0, 0.1) is 17.1 Å². The van der Waals surface area contributed by atoms with Crippen LogP contribution in [0.2, 0.25) is 5.02 Å². The number of hydrogen-bond acceptors (Lipinski definition) is 5. The van der Waals surface area contributed by atoms with E-state index >= 15 is 0 Å². The Morgan fingerprint density at radius 2 is 2.09 bits per heavy atom. The van der Waals surface area contributed by atoms with Gasteiger partial charge >= 0.3 is 5.97 Å². The molecule has 118 valence electrons. The van der Waals surface area contributed by atoms with Crippen LogP contribution in [0.5, 0.6) is 0 Å². The van der Waals surface area contributed by atoms with Gasteiger partial charge in [0.25, 0.3) is 0 Å². The topological polar surface area (TPSA) is 71.3 Å². The molecular formula is C16H12ClFN2O3. The van der Waals surface area contributed by atoms with Gasteiger partial charge in [0.15, 0.2) is 0 Å². The zero-order valence-electron chi connectivity index (χ0n) is 12.3. The predicted molar refractivity (Wildman–Crippen MR) is 83.5 cm³/mol. The maximum Gasteiger partial charge on any atom is 0.338 e. The number of rotatable bonds is 4. The van der Waals surface area contributed by atoms with Gasteiger partial charge in [-0.3, -0.25) is 10.3 Å². The molecule has 23 heavy (non-hydrogen) atoms. The fourth-order valence-electron chi connectivity index (χ4n) is 2.18. The van der Waals surface area contributed by atoms with Crippen molar-refractivity contribution in [3.63, 3.8) is 0 Å². The van der Waals surface area contributed by atoms with E-state index in [0.29, 0.717) is 5.56 Å². The van der Waals surface area contributed by atoms with Gasteiger partial charge in [-0.15, -0.1) is 0 Å². The second-order valence-electron chi connectivity index (χ2n) is 4.45. The zero-order valence-corrected chi connectivity index (χ0v) is 13.1. The zero-order chi connectivity index (χ0) is 17.0. The number of esters is 1. The largest absolute Gasteiger partial charge is 0.465 e. The molecule has 2 aromatic carbocycles. The molecule has 0 saturated heterocycles. The highest BCUT2D eigenvalue weighted by Gasteiger charge is 2.23. The third-order valence-electron chi connectivity index (χ3n) is 3.11. The molecule has 0 unspecified atom stereocenters. The summed E-state index contributed by atoms with van der Waals surface area (Å²) in [4.78, 5) is 17.0. The van der Waals surface area contributed by atoms with E-state index in [9.17, 15) is 14.4 Å². The van der Waals surface area contributed by atoms with Crippen LogP contribution in [0.1, 0.15) is 15.9 Å². The second kappa shape index (κ2) is 7.09. The average Bonchev–Trinajstić information content (AvgIpc) is 2.54. The van der Waals surface area contributed by atoms with E-state index in [1.807, 2.05) is 6.07 Å². The number of carbonyl (C=O) groups excluding carboxylic acids is 1. The lowest BCUT2D eigenvalue weighted by atomic mass is 9.94. The van der Waals surface area contributed by atoms with E-state index in [1.165, 1.54) is 38.5 Å². The first-order valence-corrected chi connectivity index (χ1v) is 6.81. The molecule has 0 bridgehead atoms. The second-order valence-corrected chi connectivity index (χ2v) is 4.86. The Balaban J connectivity index is 2.89. The Bertz CT molecular complexity index is 803. The van der Waals surface area contributed by atoms with Crippen molar-refractivity contribution in [1.29, 1.82) is 5.26 Å². The van der Waals surface area contributed by atoms with E-state index in [1.54, 1.807) is 6.07 Å². The lowest BCUT2D eigenvalue weighted by Crippen LogP contribution is -2.09. The van der Waals surface area contributed by atoms with Gasteiger partial charge in [0.2, 0.25) is 0 Å². The Labute approximate surface area is 137 Å². The number of halogens is 2. The van der Waals surface area contributed by atoms with Crippen LogP contribution < -0.4 is 5.48 Å². The number of benzene rings is 2. The van der Waals surface area contributed by atoms with Crippen LogP contribution in [0.25, 0.3) is 11.1 Å². The summed E-state index contributed by atoms with van der Waals surface area (Å²) in [6.45, 7) is 0. The molecule has 0 aliphatic carbocycles. The quantitative estimate of drug-likeness (QED) is 0.680. The summed E-state index contributed by atoms with van der Waals surface area (Å²) in [5.74, 6) is -1.16. The van der Waals surface area contributed by atoms with Crippen LogP contribution in [0.15, 0.2) is 30.3 Å². The Kier molecular flexibility index (Phi) is 5.16. The molecule has 0 saturated carbocycles. The average molecular weight is 335 g/mol. The van der Waals surface area contributed by atoms with Crippen molar-refractivity contribution in [1.82, 2.24) is 0 Å². The number of methoxy groups -OCH3 is 1. The number of hydrogen-bond donors (Lipinski definition) is 1. The highest BCUT2D eigenvalue weighted by atomic mass is 35.5. The van der Waals surface area contributed by atoms with Crippen LogP contribution in [-0.2, 0) is 9.57 Å². The normalized spacial score (nSPS) is 10.0. The number of anilines is 1. The molecule has 1 N–H and O–H groups in total. The molecule has 0 amide bonds. The minimum atomic E-state index is -0.671. The molecule has 0 aliphatic rings. The summed E-state index contributed by atoms with van der Waals surface area (Å²) >= 11 is 6.06. The lowest BCUT2D eigenvalue weighted by Gasteiger charge is -2.17. The molecule has 0 heterocycles. The molecule has 5 nitrogen and oxygen atoms in total. The number of carbonyl (C=O) groups is 1. The van der Waals surface area contributed by atoms with Crippen LogP contribution >= 0.6 is 11.6 Å². The van der Waals surface area contributed by atoms with Crippen molar-refractivity contribution in [2.75, 3.05) is 19.7 Å². The maximum atomic E-state index is 13.6. The minimum Gasteiger partial charge on any atom is -0.465 e. The van der Waals surface area contributed by atoms with Gasteiger partial charge in [-0.2, -0.15) is 5.26 Å². The van der Waals surface area contributed by atoms with Crippen molar-refractivity contribution in [2.24, 2.45) is 0 Å². The van der Waals surface area contributed by atoms with Gasteiger partial charge in [-0.25, -0.2) is 9.18 Å². The smallest absolute Gasteiger partial charge is 0.338 e. The maximum absolute atomic E-state index is 13.6. The lowest BCUT2D eigenvalue weighted by molar-refractivity contribution is 0.0601. The summed E-state index contributed by atoms with van der Waals surface area (Å²) in [6.07, 6.45) is 0. The van der Waals surface area contributed by atoms with Crippen LogP contribution in [0.3, 0.4) is 0 Å². The van der Waals surface area contributed by atoms with Gasteiger partial charge in [-0.1, -0.05) is 23.7 Å². The molecule has 0 aromatic heterocycles. The predicted octanol–water partition coefficient (Wildman–Crippen LogP) is 3.78. The first-order chi connectivity index (χ1) is 11.0. The summed E-state index contributed by atoms with van der Waals surface area (Å²) < 4.78 is 18.3. The van der Waals surface area contributed by atoms with Crippen LogP contribution in [0.4, 0.5) is 10.1 Å². The van der Waals surface area contributed by atoms with Crippen LogP contribution in [-0.4, -0.2) is 20.2 Å². The standard InChI is InChI=1S/C16H12ClFN2O3/c1-22-16(21)11-7-13(17)12(8-19)15(20-23-2)14(11)9-4-3-5-10(18)6-9/h3-7,20H,1-2H3. The molecule has 0 radical (unpaired) electrons. The van der Waals surface area contributed by atoms with E-state index in [-0.39, 0.29) is 27.4 Å². The van der Waals surface area contributed by atoms with E-state index < -0.39 is 11.8 Å². The van der Waals surface area contributed by atoms with Gasteiger partial charge in [0.1, 0.15) is 11.9 Å². The number of nitrogens with zero attached hydrogens (tertiary/aromatic N) is 1. The summed E-state index contributed by atoms with van der Waals surface area (Å²) in [7, 11) is 2.56. The molecule has 2 aromatic rings. The number of nitriles is 1. The Hall–Kier alpha value is -2.62. The summed E-state index contributed by atoms with van der Waals surface area (Å²) in [5, 5.41) is 9.37. The first-order valence-electron chi connectivity index (χ1n) is 6.43. The van der Waals surface area contributed by atoms with Crippen molar-refractivity contribution < 1.29 is 18.8 Å². The minimum absolute atomic E-state index is 0.0487. The van der Waals surface area contributed by atoms with Crippen molar-refractivity contribution in [2.45, 2.75) is 0 Å². The van der Waals surface area contributed by atoms with E-state index in [0.717, 1.165) is 0 Å². The highest BCUT2D eigenvalue weighted by Crippen LogP contribution is 2.39. The third kappa shape index (κ3) is 3.26. The molecule has 0 spiro atoms. The van der Waals surface area contributed by atoms with Gasteiger partial charge in [0.05, 0.1) is 36.1 Å². The first kappa shape index (κ1) is 16.7. The van der Waals surface area contributed by atoms with Crippen molar-refractivity contribution >= 4 is 23.3 Å². The molecule has 0 fully saturated rings. The monoisotopic (exact) mass is 334 g/mol. The van der Waals surface area contributed by atoms with Gasteiger partial charge in [-0.05, 0) is 23.8 Å². The number of nitrogens with one attached hydrogen (secondary N) is 1. The van der Waals surface area contributed by atoms with Gasteiger partial charge in [0, 0.05) is 5.56 Å². The van der Waals surface area contributed by atoms with Crippen molar-refractivity contribution in [3.8, 4) is 17.2 Å². The Morgan fingerprint density at radius 1 is 1.35 bits per heavy atom. The third-order valence-corrected chi connectivity index (χ3v) is 3.41. The fraction of sp³-hybridized carbons (Fsp3) is 0.125. The molecular weight excluding hydrogens is 323 g/mol. The molecule has 2 rings (SSSR count). The highest BCUT2D eigenvalue weighted by molar-refractivity contribution is 6.33. The van der Waals surface area contributed by atoms with E-state index in [2.05, 4.69) is 5.48 Å². The summed E-state index contributed by atoms with van der Waals surface area (Å²) in [5.41, 5.74) is 3.49. The number of ether oxygens (including phenoxy) is 1. The molecule has 0 aliphatic heterocycles. The summed E-state index contributed by atoms with van der Waals surface area (Å²) in [6, 6.07) is 8.84. The molecule has 7 heteroatoms. The Morgan fingerprint density at radius 3 is 2.65 bits per heavy atom. The molecule has 0 atom stereocenters.